The van der Waals surface area contributed by atoms with E-state index in [0.29, 0.717) is 29.1 Å². The minimum absolute atomic E-state index is 0.225. The molecule has 0 aliphatic heterocycles. The Labute approximate surface area is 134 Å². The number of benzene rings is 1. The van der Waals surface area contributed by atoms with Gasteiger partial charge >= 0.3 is 0 Å². The van der Waals surface area contributed by atoms with E-state index in [1.54, 1.807) is 6.07 Å². The lowest BCUT2D eigenvalue weighted by Crippen LogP contribution is -2.41. The molecule has 0 saturated carbocycles. The van der Waals surface area contributed by atoms with E-state index in [4.69, 9.17) is 17.3 Å². The van der Waals surface area contributed by atoms with E-state index in [1.165, 1.54) is 16.4 Å². The number of rotatable bonds is 6. The average Bonchev–Trinajstić information content (AvgIpc) is 2.39. The zero-order valence-electron chi connectivity index (χ0n) is 11.9. The molecule has 0 saturated heterocycles. The first-order chi connectivity index (χ1) is 9.14. The Kier molecular flexibility index (Phi) is 6.04. The molecule has 0 aliphatic carbocycles. The van der Waals surface area contributed by atoms with Gasteiger partial charge in [0.1, 0.15) is 0 Å². The van der Waals surface area contributed by atoms with Crippen molar-refractivity contribution in [3.05, 3.63) is 27.7 Å². The molecule has 0 fully saturated rings. The lowest BCUT2D eigenvalue weighted by atomic mass is 9.94. The summed E-state index contributed by atoms with van der Waals surface area (Å²) >= 11 is 9.15. The Morgan fingerprint density at radius 3 is 2.45 bits per heavy atom. The number of sulfonamides is 1. The second-order valence-electron chi connectivity index (χ2n) is 5.38. The molecule has 1 aromatic rings. The first kappa shape index (κ1) is 17.9. The van der Waals surface area contributed by atoms with Crippen molar-refractivity contribution in [1.29, 1.82) is 0 Å². The molecule has 4 nitrogen and oxygen atoms in total. The highest BCUT2D eigenvalue weighted by molar-refractivity contribution is 9.10. The Balaban J connectivity index is 3.15. The van der Waals surface area contributed by atoms with Gasteiger partial charge in [-0.3, -0.25) is 0 Å². The Bertz CT molecular complexity index is 576. The number of nitrogens with two attached hydrogens (primary N) is 1. The van der Waals surface area contributed by atoms with Crippen molar-refractivity contribution in [2.75, 3.05) is 19.6 Å². The molecule has 114 valence electrons. The summed E-state index contributed by atoms with van der Waals surface area (Å²) < 4.78 is 27.3. The average molecular weight is 384 g/mol. The molecule has 0 heterocycles. The van der Waals surface area contributed by atoms with Gasteiger partial charge in [-0.15, -0.1) is 0 Å². The third kappa shape index (κ3) is 4.18. The quantitative estimate of drug-likeness (QED) is 0.821. The van der Waals surface area contributed by atoms with Crippen LogP contribution >= 0.6 is 27.5 Å². The van der Waals surface area contributed by atoms with E-state index < -0.39 is 10.0 Å². The van der Waals surface area contributed by atoms with Gasteiger partial charge in [-0.25, -0.2) is 8.42 Å². The highest BCUT2D eigenvalue weighted by atomic mass is 79.9. The van der Waals surface area contributed by atoms with Crippen LogP contribution in [0.5, 0.6) is 0 Å². The van der Waals surface area contributed by atoms with Gasteiger partial charge < -0.3 is 5.73 Å². The Morgan fingerprint density at radius 2 is 2.00 bits per heavy atom. The van der Waals surface area contributed by atoms with Crippen molar-refractivity contribution in [1.82, 2.24) is 4.31 Å². The molecule has 1 aromatic carbocycles. The van der Waals surface area contributed by atoms with Gasteiger partial charge in [0, 0.05) is 17.6 Å². The van der Waals surface area contributed by atoms with E-state index in [2.05, 4.69) is 15.9 Å². The number of nitrogens with zero attached hydrogens (tertiary/aromatic N) is 1. The van der Waals surface area contributed by atoms with Gasteiger partial charge in [-0.05, 0) is 46.1 Å². The fourth-order valence-corrected chi connectivity index (χ4v) is 4.01. The summed E-state index contributed by atoms with van der Waals surface area (Å²) in [6.45, 7) is 6.90. The van der Waals surface area contributed by atoms with Crippen LogP contribution < -0.4 is 5.73 Å². The fraction of sp³-hybridized carbons (Fsp3) is 0.538. The van der Waals surface area contributed by atoms with Crippen LogP contribution in [-0.4, -0.2) is 32.4 Å². The van der Waals surface area contributed by atoms with Crippen LogP contribution in [-0.2, 0) is 10.0 Å². The predicted octanol–water partition coefficient (Wildman–Crippen LogP) is 3.10. The minimum Gasteiger partial charge on any atom is -0.330 e. The molecule has 2 N–H and O–H groups in total. The van der Waals surface area contributed by atoms with Gasteiger partial charge in [0.05, 0.1) is 9.92 Å². The second kappa shape index (κ2) is 6.75. The lowest BCUT2D eigenvalue weighted by Gasteiger charge is -2.30. The molecule has 0 bridgehead atoms. The van der Waals surface area contributed by atoms with Crippen molar-refractivity contribution in [3.8, 4) is 0 Å². The summed E-state index contributed by atoms with van der Waals surface area (Å²) in [5, 5.41) is 0.481. The summed E-state index contributed by atoms with van der Waals surface area (Å²) in [6.07, 6.45) is 0. The van der Waals surface area contributed by atoms with Crippen molar-refractivity contribution < 1.29 is 8.42 Å². The van der Waals surface area contributed by atoms with E-state index in [0.717, 1.165) is 0 Å². The van der Waals surface area contributed by atoms with E-state index >= 15 is 0 Å². The summed E-state index contributed by atoms with van der Waals surface area (Å²) in [5.74, 6) is 0. The fourth-order valence-electron chi connectivity index (χ4n) is 1.70. The lowest BCUT2D eigenvalue weighted by molar-refractivity contribution is 0.273. The molecule has 0 unspecified atom stereocenters. The molecule has 0 aromatic heterocycles. The highest BCUT2D eigenvalue weighted by Gasteiger charge is 2.29. The monoisotopic (exact) mass is 382 g/mol. The van der Waals surface area contributed by atoms with E-state index in [9.17, 15) is 8.42 Å². The van der Waals surface area contributed by atoms with Crippen molar-refractivity contribution in [2.24, 2.45) is 11.1 Å². The summed E-state index contributed by atoms with van der Waals surface area (Å²) in [7, 11) is -3.54. The maximum atomic E-state index is 12.6. The van der Waals surface area contributed by atoms with Crippen LogP contribution in [0, 0.1) is 5.41 Å². The van der Waals surface area contributed by atoms with Crippen LogP contribution in [0.2, 0.25) is 5.02 Å². The highest BCUT2D eigenvalue weighted by Crippen LogP contribution is 2.28. The Hall–Kier alpha value is -0.140. The molecule has 0 spiro atoms. The molecule has 7 heteroatoms. The maximum absolute atomic E-state index is 12.6. The van der Waals surface area contributed by atoms with Crippen molar-refractivity contribution >= 4 is 37.6 Å². The van der Waals surface area contributed by atoms with Gasteiger partial charge in [0.2, 0.25) is 10.0 Å². The smallest absolute Gasteiger partial charge is 0.243 e. The van der Waals surface area contributed by atoms with Gasteiger partial charge in [-0.2, -0.15) is 4.31 Å². The maximum Gasteiger partial charge on any atom is 0.243 e. The normalized spacial score (nSPS) is 12.9. The third-order valence-corrected chi connectivity index (χ3v) is 6.17. The number of hydrogen-bond donors (Lipinski definition) is 1. The van der Waals surface area contributed by atoms with Crippen LogP contribution in [0.1, 0.15) is 20.8 Å². The third-order valence-electron chi connectivity index (χ3n) is 3.04. The van der Waals surface area contributed by atoms with Gasteiger partial charge in [-0.1, -0.05) is 32.4 Å². The van der Waals surface area contributed by atoms with Crippen molar-refractivity contribution in [3.63, 3.8) is 0 Å². The Morgan fingerprint density at radius 1 is 1.40 bits per heavy atom. The standard InChI is InChI=1S/C13H20BrClN2O2S/c1-4-17(9-13(2,3)8-16)20(18,19)10-5-6-12(15)11(14)7-10/h5-7H,4,8-9,16H2,1-3H3. The van der Waals surface area contributed by atoms with Crippen LogP contribution in [0.3, 0.4) is 0 Å². The largest absolute Gasteiger partial charge is 0.330 e. The molecule has 0 radical (unpaired) electrons. The molecule has 0 atom stereocenters. The first-order valence-electron chi connectivity index (χ1n) is 6.29. The number of hydrogen-bond acceptors (Lipinski definition) is 3. The molecule has 20 heavy (non-hydrogen) atoms. The summed E-state index contributed by atoms with van der Waals surface area (Å²) in [4.78, 5) is 0.225. The molecule has 0 amide bonds. The van der Waals surface area contributed by atoms with Gasteiger partial charge in [0.25, 0.3) is 0 Å². The predicted molar refractivity (Wildman–Crippen MR) is 86.4 cm³/mol. The zero-order valence-corrected chi connectivity index (χ0v) is 15.0. The molecular formula is C13H20BrClN2O2S. The van der Waals surface area contributed by atoms with Crippen LogP contribution in [0.4, 0.5) is 0 Å². The SMILES string of the molecule is CCN(CC(C)(C)CN)S(=O)(=O)c1ccc(Cl)c(Br)c1. The topological polar surface area (TPSA) is 63.4 Å². The number of halogens is 2. The van der Waals surface area contributed by atoms with E-state index in [-0.39, 0.29) is 10.3 Å². The van der Waals surface area contributed by atoms with Crippen LogP contribution in [0.25, 0.3) is 0 Å². The second-order valence-corrected chi connectivity index (χ2v) is 8.57. The minimum atomic E-state index is -3.54. The van der Waals surface area contributed by atoms with Gasteiger partial charge in [0.15, 0.2) is 0 Å². The van der Waals surface area contributed by atoms with E-state index in [1.807, 2.05) is 20.8 Å². The van der Waals surface area contributed by atoms with Crippen molar-refractivity contribution in [2.45, 2.75) is 25.7 Å². The molecule has 0 aliphatic rings. The van der Waals surface area contributed by atoms with Crippen LogP contribution in [0.15, 0.2) is 27.6 Å². The zero-order chi connectivity index (χ0) is 15.6. The molecule has 1 rings (SSSR count). The summed E-state index contributed by atoms with van der Waals surface area (Å²) in [5.41, 5.74) is 5.42. The first-order valence-corrected chi connectivity index (χ1v) is 8.90. The molecular weight excluding hydrogens is 364 g/mol. The summed E-state index contributed by atoms with van der Waals surface area (Å²) in [6, 6.07) is 4.61.